The molecular formula is C11H13N5O4. The molecule has 2 aliphatic rings. The number of hydrogen-bond donors (Lipinski definition) is 4. The number of rotatable bonds is 0. The molecule has 0 aliphatic carbocycles. The van der Waals surface area contributed by atoms with Crippen LogP contribution in [0.4, 0.5) is 5.82 Å². The molecule has 4 unspecified atom stereocenters. The second-order valence-corrected chi connectivity index (χ2v) is 5.26. The molecule has 9 heteroatoms. The summed E-state index contributed by atoms with van der Waals surface area (Å²) < 4.78 is 6.86. The van der Waals surface area contributed by atoms with Crippen molar-refractivity contribution in [2.24, 2.45) is 0 Å². The van der Waals surface area contributed by atoms with Gasteiger partial charge in [-0.3, -0.25) is 0 Å². The summed E-state index contributed by atoms with van der Waals surface area (Å²) in [5.41, 5.74) is 5.04. The Morgan fingerprint density at radius 2 is 2.20 bits per heavy atom. The normalized spacial score (nSPS) is 36.0. The lowest BCUT2D eigenvalue weighted by molar-refractivity contribution is -0.0696. The monoisotopic (exact) mass is 279 g/mol. The quantitative estimate of drug-likeness (QED) is 0.432. The molecule has 2 aromatic rings. The third kappa shape index (κ3) is 1.32. The Kier molecular flexibility index (Phi) is 2.18. The third-order valence-electron chi connectivity index (χ3n) is 3.98. The number of imidazole rings is 1. The van der Waals surface area contributed by atoms with E-state index < -0.39 is 23.9 Å². The van der Waals surface area contributed by atoms with Gasteiger partial charge in [-0.2, -0.15) is 0 Å². The van der Waals surface area contributed by atoms with Crippen LogP contribution in [0.15, 0.2) is 6.33 Å². The first-order valence-electron chi connectivity index (χ1n) is 6.18. The van der Waals surface area contributed by atoms with Crippen molar-refractivity contribution in [2.75, 3.05) is 12.3 Å². The molecule has 2 aromatic heterocycles. The van der Waals surface area contributed by atoms with E-state index in [4.69, 9.17) is 10.5 Å². The number of hydrogen-bond acceptors (Lipinski definition) is 8. The van der Waals surface area contributed by atoms with E-state index in [-0.39, 0.29) is 24.8 Å². The Morgan fingerprint density at radius 3 is 3.00 bits per heavy atom. The molecule has 1 fully saturated rings. The maximum Gasteiger partial charge on any atom is 0.165 e. The second kappa shape index (κ2) is 3.64. The van der Waals surface area contributed by atoms with Crippen LogP contribution in [0.25, 0.3) is 11.2 Å². The van der Waals surface area contributed by atoms with E-state index in [1.165, 1.54) is 6.33 Å². The highest BCUT2D eigenvalue weighted by atomic mass is 16.5. The molecule has 20 heavy (non-hydrogen) atoms. The van der Waals surface area contributed by atoms with Crippen LogP contribution in [0.2, 0.25) is 0 Å². The van der Waals surface area contributed by atoms with E-state index >= 15 is 0 Å². The maximum absolute atomic E-state index is 10.5. The van der Waals surface area contributed by atoms with Crippen LogP contribution in [0, 0.1) is 0 Å². The molecule has 0 radical (unpaired) electrons. The van der Waals surface area contributed by atoms with Crippen LogP contribution in [-0.2, 0) is 11.3 Å². The summed E-state index contributed by atoms with van der Waals surface area (Å²) in [6.07, 6.45) is -1.99. The van der Waals surface area contributed by atoms with Crippen molar-refractivity contribution in [3.05, 3.63) is 12.2 Å². The predicted octanol–water partition coefficient (Wildman–Crippen LogP) is -2.05. The molecule has 4 atom stereocenters. The summed E-state index contributed by atoms with van der Waals surface area (Å²) in [5, 5.41) is 30.9. The first kappa shape index (κ1) is 12.0. The van der Waals surface area contributed by atoms with Crippen molar-refractivity contribution in [3.63, 3.8) is 0 Å². The number of aliphatic hydroxyl groups is 3. The number of ether oxygens (including phenoxy) is 1. The van der Waals surface area contributed by atoms with E-state index in [0.29, 0.717) is 11.2 Å². The average molecular weight is 279 g/mol. The van der Waals surface area contributed by atoms with Crippen molar-refractivity contribution in [1.29, 1.82) is 0 Å². The summed E-state index contributed by atoms with van der Waals surface area (Å²) in [7, 11) is 0. The fourth-order valence-corrected chi connectivity index (χ4v) is 2.90. The number of aliphatic hydroxyl groups excluding tert-OH is 2. The van der Waals surface area contributed by atoms with Crippen LogP contribution in [0.5, 0.6) is 0 Å². The molecule has 5 N–H and O–H groups in total. The Bertz CT molecular complexity index is 703. The van der Waals surface area contributed by atoms with Crippen LogP contribution in [0.3, 0.4) is 0 Å². The van der Waals surface area contributed by atoms with Gasteiger partial charge >= 0.3 is 0 Å². The van der Waals surface area contributed by atoms with Crippen molar-refractivity contribution in [1.82, 2.24) is 19.5 Å². The van der Waals surface area contributed by atoms with E-state index in [9.17, 15) is 15.3 Å². The van der Waals surface area contributed by atoms with Crippen LogP contribution in [0.1, 0.15) is 11.9 Å². The van der Waals surface area contributed by atoms with Crippen molar-refractivity contribution < 1.29 is 20.1 Å². The number of nitrogens with zero attached hydrogens (tertiary/aromatic N) is 4. The zero-order valence-electron chi connectivity index (χ0n) is 10.3. The van der Waals surface area contributed by atoms with Gasteiger partial charge in [0.15, 0.2) is 17.0 Å². The first-order valence-corrected chi connectivity index (χ1v) is 6.18. The Labute approximate surface area is 112 Å². The van der Waals surface area contributed by atoms with Crippen LogP contribution >= 0.6 is 0 Å². The molecule has 9 nitrogen and oxygen atoms in total. The van der Waals surface area contributed by atoms with E-state index in [0.717, 1.165) is 0 Å². The molecule has 2 bridgehead atoms. The minimum Gasteiger partial charge on any atom is -0.387 e. The summed E-state index contributed by atoms with van der Waals surface area (Å²) in [6.45, 7) is -0.0421. The largest absolute Gasteiger partial charge is 0.387 e. The number of anilines is 1. The zero-order valence-corrected chi connectivity index (χ0v) is 10.3. The highest BCUT2D eigenvalue weighted by Crippen LogP contribution is 2.39. The zero-order chi connectivity index (χ0) is 14.1. The first-order chi connectivity index (χ1) is 9.51. The number of nitrogens with two attached hydrogens (primary N) is 1. The minimum absolute atomic E-state index is 0.0179. The van der Waals surface area contributed by atoms with Crippen molar-refractivity contribution in [2.45, 2.75) is 30.5 Å². The summed E-state index contributed by atoms with van der Waals surface area (Å²) in [4.78, 5) is 12.2. The van der Waals surface area contributed by atoms with Gasteiger partial charge in [-0.05, 0) is 0 Å². The smallest absolute Gasteiger partial charge is 0.165 e. The highest BCUT2D eigenvalue weighted by Gasteiger charge is 2.54. The molecule has 4 rings (SSSR count). The topological polar surface area (TPSA) is 140 Å². The fourth-order valence-electron chi connectivity index (χ4n) is 2.90. The molecule has 106 valence electrons. The Balaban J connectivity index is 1.99. The second-order valence-electron chi connectivity index (χ2n) is 5.26. The lowest BCUT2D eigenvalue weighted by Gasteiger charge is -2.24. The van der Waals surface area contributed by atoms with Gasteiger partial charge in [-0.25, -0.2) is 15.0 Å². The van der Waals surface area contributed by atoms with Gasteiger partial charge in [0.05, 0.1) is 13.2 Å². The van der Waals surface area contributed by atoms with Crippen LogP contribution in [-0.4, -0.2) is 59.3 Å². The molecule has 4 heterocycles. The highest BCUT2D eigenvalue weighted by molar-refractivity contribution is 5.82. The standard InChI is InChI=1S/C11H13N5O4/c12-8-4-9(14-3-13-8)16-1-11(19)2-20-6(7(11)18)5(17)10(16)15-4/h3,5-7,17-19H,1-2H2,(H2,12,13,14). The van der Waals surface area contributed by atoms with Gasteiger partial charge in [0.2, 0.25) is 0 Å². The molecule has 0 aromatic carbocycles. The summed E-state index contributed by atoms with van der Waals surface area (Å²) in [6, 6.07) is 0. The van der Waals surface area contributed by atoms with Gasteiger partial charge in [-0.1, -0.05) is 0 Å². The fraction of sp³-hybridized carbons (Fsp3) is 0.545. The molecular weight excluding hydrogens is 266 g/mol. The molecule has 0 spiro atoms. The number of nitrogen functional groups attached to an aromatic ring is 1. The Hall–Kier alpha value is -1.81. The molecule has 0 amide bonds. The number of aromatic nitrogens is 4. The molecule has 0 saturated carbocycles. The molecule has 1 saturated heterocycles. The lowest BCUT2D eigenvalue weighted by Crippen LogP contribution is -2.46. The van der Waals surface area contributed by atoms with Crippen molar-refractivity contribution >= 4 is 17.0 Å². The van der Waals surface area contributed by atoms with E-state index in [1.807, 2.05) is 0 Å². The third-order valence-corrected chi connectivity index (χ3v) is 3.98. The van der Waals surface area contributed by atoms with Crippen molar-refractivity contribution in [3.8, 4) is 0 Å². The maximum atomic E-state index is 10.5. The SMILES string of the molecule is Nc1ncnc2c1nc1n2CC2(O)COC(C1O)C2O. The Morgan fingerprint density at radius 1 is 1.40 bits per heavy atom. The predicted molar refractivity (Wildman–Crippen MR) is 65.4 cm³/mol. The lowest BCUT2D eigenvalue weighted by atomic mass is 9.96. The number of fused-ring (bicyclic) bond motifs is 5. The molecule has 2 aliphatic heterocycles. The summed E-state index contributed by atoms with van der Waals surface area (Å²) >= 11 is 0. The van der Waals surface area contributed by atoms with Gasteiger partial charge in [0.1, 0.15) is 36.1 Å². The van der Waals surface area contributed by atoms with E-state index in [2.05, 4.69) is 15.0 Å². The average Bonchev–Trinajstić information content (AvgIpc) is 2.88. The van der Waals surface area contributed by atoms with E-state index in [1.54, 1.807) is 4.57 Å². The van der Waals surface area contributed by atoms with Gasteiger partial charge < -0.3 is 30.4 Å². The van der Waals surface area contributed by atoms with Gasteiger partial charge in [-0.15, -0.1) is 0 Å². The van der Waals surface area contributed by atoms with Gasteiger partial charge in [0.25, 0.3) is 0 Å². The summed E-state index contributed by atoms with van der Waals surface area (Å²) in [5.74, 6) is 0.454. The van der Waals surface area contributed by atoms with Crippen LogP contribution < -0.4 is 5.73 Å². The van der Waals surface area contributed by atoms with Gasteiger partial charge in [0, 0.05) is 0 Å². The minimum atomic E-state index is -1.48.